The van der Waals surface area contributed by atoms with Gasteiger partial charge in [0.25, 0.3) is 5.69 Å². The van der Waals surface area contributed by atoms with Crippen molar-refractivity contribution in [2.24, 2.45) is 0 Å². The lowest BCUT2D eigenvalue weighted by Gasteiger charge is -2.01. The number of carbonyl (C=O) groups is 1. The van der Waals surface area contributed by atoms with Crippen LogP contribution >= 0.6 is 0 Å². The second-order valence-corrected chi connectivity index (χ2v) is 3.28. The van der Waals surface area contributed by atoms with E-state index in [-0.39, 0.29) is 22.6 Å². The molecule has 2 aromatic rings. The van der Waals surface area contributed by atoms with E-state index in [2.05, 4.69) is 10.3 Å². The van der Waals surface area contributed by atoms with E-state index < -0.39 is 4.92 Å². The van der Waals surface area contributed by atoms with Crippen molar-refractivity contribution >= 4 is 12.0 Å². The molecule has 0 N–H and O–H groups in total. The lowest BCUT2D eigenvalue weighted by Crippen LogP contribution is -2.01. The summed E-state index contributed by atoms with van der Waals surface area (Å²) in [6.07, 6.45) is 1.75. The molecule has 0 fully saturated rings. The third-order valence-corrected chi connectivity index (χ3v) is 2.18. The largest absolute Gasteiger partial charge is 0.296 e. The number of carbonyl (C=O) groups excluding carboxylic acids is 1. The Kier molecular flexibility index (Phi) is 2.80. The van der Waals surface area contributed by atoms with Crippen LogP contribution in [0, 0.1) is 21.4 Å². The first-order valence-corrected chi connectivity index (χ1v) is 4.72. The number of nitro benzene ring substituents is 1. The molecule has 0 unspecified atom stereocenters. The molecule has 1 aromatic carbocycles. The molecule has 0 aliphatic carbocycles. The molecule has 0 saturated carbocycles. The molecule has 0 radical (unpaired) electrons. The molecule has 0 atom stereocenters. The van der Waals surface area contributed by atoms with Crippen molar-refractivity contribution in [2.75, 3.05) is 0 Å². The second kappa shape index (κ2) is 4.42. The number of hydrogen-bond acceptors (Lipinski definition) is 6. The van der Waals surface area contributed by atoms with Crippen LogP contribution in [0.25, 0.3) is 5.69 Å². The smallest absolute Gasteiger partial charge is 0.296 e. The van der Waals surface area contributed by atoms with Crippen molar-refractivity contribution in [3.8, 4) is 11.8 Å². The van der Waals surface area contributed by atoms with Gasteiger partial charge in [-0.25, -0.2) is 4.68 Å². The minimum Gasteiger partial charge on any atom is -0.296 e. The molecule has 0 amide bonds. The topological polar surface area (TPSA) is 115 Å². The molecule has 0 aliphatic rings. The van der Waals surface area contributed by atoms with Crippen molar-refractivity contribution in [3.63, 3.8) is 0 Å². The Morgan fingerprint density at radius 1 is 1.50 bits per heavy atom. The number of nitriles is 1. The van der Waals surface area contributed by atoms with Crippen LogP contribution in [-0.2, 0) is 0 Å². The highest BCUT2D eigenvalue weighted by molar-refractivity contribution is 5.71. The van der Waals surface area contributed by atoms with Gasteiger partial charge in [0, 0.05) is 6.07 Å². The number of nitro groups is 1. The molecule has 0 spiro atoms. The Bertz CT molecular complexity index is 670. The van der Waals surface area contributed by atoms with Gasteiger partial charge < -0.3 is 0 Å². The second-order valence-electron chi connectivity index (χ2n) is 3.28. The zero-order chi connectivity index (χ0) is 13.1. The Hall–Kier alpha value is -3.08. The summed E-state index contributed by atoms with van der Waals surface area (Å²) in [5.74, 6) is 0. The molecule has 0 bridgehead atoms. The summed E-state index contributed by atoms with van der Waals surface area (Å²) in [6.45, 7) is 0. The fourth-order valence-electron chi connectivity index (χ4n) is 1.38. The lowest BCUT2D eigenvalue weighted by atomic mass is 10.2. The average Bonchev–Trinajstić information content (AvgIpc) is 2.86. The Morgan fingerprint density at radius 3 is 2.83 bits per heavy atom. The molecule has 0 saturated heterocycles. The summed E-state index contributed by atoms with van der Waals surface area (Å²) in [4.78, 5) is 20.8. The van der Waals surface area contributed by atoms with Crippen molar-refractivity contribution in [1.29, 1.82) is 5.26 Å². The number of aldehydes is 1. The zero-order valence-electron chi connectivity index (χ0n) is 8.85. The first-order chi connectivity index (χ1) is 8.65. The molecular weight excluding hydrogens is 238 g/mol. The Morgan fingerprint density at radius 2 is 2.28 bits per heavy atom. The molecule has 1 aromatic heterocycles. The van der Waals surface area contributed by atoms with E-state index >= 15 is 0 Å². The van der Waals surface area contributed by atoms with Gasteiger partial charge in [-0.2, -0.15) is 5.26 Å². The van der Waals surface area contributed by atoms with Crippen molar-refractivity contribution < 1.29 is 9.72 Å². The summed E-state index contributed by atoms with van der Waals surface area (Å²) in [6, 6.07) is 5.74. The Balaban J connectivity index is 2.60. The first kappa shape index (κ1) is 11.4. The maximum atomic E-state index is 10.9. The summed E-state index contributed by atoms with van der Waals surface area (Å²) in [5.41, 5.74) is 0.0887. The van der Waals surface area contributed by atoms with Gasteiger partial charge in [0.2, 0.25) is 0 Å². The van der Waals surface area contributed by atoms with Gasteiger partial charge in [0.05, 0.1) is 22.8 Å². The fourth-order valence-corrected chi connectivity index (χ4v) is 1.38. The van der Waals surface area contributed by atoms with Gasteiger partial charge in [-0.1, -0.05) is 5.21 Å². The van der Waals surface area contributed by atoms with Crippen LogP contribution in [-0.4, -0.2) is 26.2 Å². The predicted molar refractivity (Wildman–Crippen MR) is 58.1 cm³/mol. The van der Waals surface area contributed by atoms with Crippen molar-refractivity contribution in [3.05, 3.63) is 45.8 Å². The van der Waals surface area contributed by atoms with E-state index in [1.54, 1.807) is 0 Å². The molecule has 2 rings (SSSR count). The van der Waals surface area contributed by atoms with E-state index in [9.17, 15) is 14.9 Å². The number of nitrogens with zero attached hydrogens (tertiary/aromatic N) is 5. The summed E-state index contributed by atoms with van der Waals surface area (Å²) in [7, 11) is 0. The highest BCUT2D eigenvalue weighted by atomic mass is 16.6. The highest BCUT2D eigenvalue weighted by Gasteiger charge is 2.17. The van der Waals surface area contributed by atoms with Crippen LogP contribution in [0.1, 0.15) is 16.1 Å². The molecule has 8 nitrogen and oxygen atoms in total. The minimum atomic E-state index is -0.627. The summed E-state index contributed by atoms with van der Waals surface area (Å²) in [5, 5.41) is 26.7. The summed E-state index contributed by atoms with van der Waals surface area (Å²) >= 11 is 0. The number of aromatic nitrogens is 3. The fraction of sp³-hybridized carbons (Fsp3) is 0. The van der Waals surface area contributed by atoms with E-state index in [1.807, 2.05) is 6.07 Å². The average molecular weight is 243 g/mol. The van der Waals surface area contributed by atoms with Crippen LogP contribution in [0.2, 0.25) is 0 Å². The predicted octanol–water partition coefficient (Wildman–Crippen LogP) is 0.860. The standard InChI is InChI=1S/C10H5N5O3/c11-4-7-1-2-9(10(3-7)15(17)18)14-5-8(6-16)12-13-14/h1-3,5-6H. The van der Waals surface area contributed by atoms with Crippen LogP contribution < -0.4 is 0 Å². The van der Waals surface area contributed by atoms with Crippen LogP contribution in [0.3, 0.4) is 0 Å². The normalized spacial score (nSPS) is 9.72. The van der Waals surface area contributed by atoms with Crippen LogP contribution in [0.4, 0.5) is 5.69 Å². The lowest BCUT2D eigenvalue weighted by molar-refractivity contribution is -0.384. The maximum Gasteiger partial charge on any atom is 0.296 e. The quantitative estimate of drug-likeness (QED) is 0.448. The molecule has 18 heavy (non-hydrogen) atoms. The zero-order valence-corrected chi connectivity index (χ0v) is 8.85. The third-order valence-electron chi connectivity index (χ3n) is 2.18. The maximum absolute atomic E-state index is 10.9. The Labute approximate surface area is 100 Å². The minimum absolute atomic E-state index is 0.0636. The molecular formula is C10H5N5O3. The number of benzene rings is 1. The van der Waals surface area contributed by atoms with Crippen molar-refractivity contribution in [1.82, 2.24) is 15.0 Å². The molecule has 88 valence electrons. The van der Waals surface area contributed by atoms with E-state index in [4.69, 9.17) is 5.26 Å². The van der Waals surface area contributed by atoms with E-state index in [1.165, 1.54) is 18.3 Å². The number of hydrogen-bond donors (Lipinski definition) is 0. The molecule has 1 heterocycles. The molecule has 8 heteroatoms. The molecule has 0 aliphatic heterocycles. The van der Waals surface area contributed by atoms with Gasteiger partial charge in [0.1, 0.15) is 11.4 Å². The monoisotopic (exact) mass is 243 g/mol. The van der Waals surface area contributed by atoms with Gasteiger partial charge >= 0.3 is 0 Å². The third kappa shape index (κ3) is 1.92. The van der Waals surface area contributed by atoms with Crippen LogP contribution in [0.5, 0.6) is 0 Å². The van der Waals surface area contributed by atoms with Gasteiger partial charge in [-0.15, -0.1) is 5.10 Å². The van der Waals surface area contributed by atoms with Gasteiger partial charge in [-0.3, -0.25) is 14.9 Å². The van der Waals surface area contributed by atoms with Crippen LogP contribution in [0.15, 0.2) is 24.4 Å². The van der Waals surface area contributed by atoms with Gasteiger partial charge in [0.15, 0.2) is 6.29 Å². The highest BCUT2D eigenvalue weighted by Crippen LogP contribution is 2.23. The first-order valence-electron chi connectivity index (χ1n) is 4.72. The summed E-state index contributed by atoms with van der Waals surface area (Å²) < 4.78 is 1.11. The SMILES string of the molecule is N#Cc1ccc(-n2cc(C=O)nn2)c([N+](=O)[O-])c1. The van der Waals surface area contributed by atoms with E-state index in [0.717, 1.165) is 10.7 Å². The van der Waals surface area contributed by atoms with Crippen molar-refractivity contribution in [2.45, 2.75) is 0 Å². The number of rotatable bonds is 3. The van der Waals surface area contributed by atoms with E-state index in [0.29, 0.717) is 6.29 Å². The van der Waals surface area contributed by atoms with Gasteiger partial charge in [-0.05, 0) is 12.1 Å².